The first-order valence-electron chi connectivity index (χ1n) is 5.82. The highest BCUT2D eigenvalue weighted by Crippen LogP contribution is 2.20. The van der Waals surface area contributed by atoms with E-state index in [1.807, 2.05) is 0 Å². The molecular formula is C14H12N2O4. The molecule has 0 aliphatic rings. The largest absolute Gasteiger partial charge is 0.489 e. The number of hydrogen-bond acceptors (Lipinski definition) is 4. The normalized spacial score (nSPS) is 10.0. The van der Waals surface area contributed by atoms with Crippen molar-refractivity contribution in [3.63, 3.8) is 0 Å². The van der Waals surface area contributed by atoms with E-state index in [-0.39, 0.29) is 12.3 Å². The molecule has 0 bridgehead atoms. The summed E-state index contributed by atoms with van der Waals surface area (Å²) in [6.45, 7) is 0.250. The average Bonchev–Trinajstić information content (AvgIpc) is 2.46. The van der Waals surface area contributed by atoms with Crippen molar-refractivity contribution < 1.29 is 14.5 Å². The summed E-state index contributed by atoms with van der Waals surface area (Å²) in [5.41, 5.74) is 6.37. The van der Waals surface area contributed by atoms with Gasteiger partial charge in [-0.15, -0.1) is 0 Å². The third kappa shape index (κ3) is 3.32. The number of primary amides is 1. The van der Waals surface area contributed by atoms with E-state index in [1.54, 1.807) is 36.4 Å². The minimum absolute atomic E-state index is 0.0217. The number of benzene rings is 2. The molecule has 6 nitrogen and oxygen atoms in total. The molecule has 6 heteroatoms. The third-order valence-corrected chi connectivity index (χ3v) is 2.67. The van der Waals surface area contributed by atoms with E-state index >= 15 is 0 Å². The molecule has 0 atom stereocenters. The summed E-state index contributed by atoms with van der Waals surface area (Å²) in [5.74, 6) is -0.0747. The van der Waals surface area contributed by atoms with Crippen molar-refractivity contribution in [1.82, 2.24) is 0 Å². The predicted molar refractivity (Wildman–Crippen MR) is 72.4 cm³/mol. The summed E-state index contributed by atoms with van der Waals surface area (Å²) in [6, 6.07) is 12.6. The maximum atomic E-state index is 10.9. The molecule has 0 aromatic heterocycles. The van der Waals surface area contributed by atoms with Crippen LogP contribution in [0.25, 0.3) is 0 Å². The lowest BCUT2D eigenvalue weighted by Gasteiger charge is -2.06. The Labute approximate surface area is 114 Å². The standard InChI is InChI=1S/C14H12N2O4/c15-14(17)11-6-4-10(5-7-11)9-20-13-3-1-2-12(8-13)16(18)19/h1-8H,9H2,(H2,15,17). The highest BCUT2D eigenvalue weighted by molar-refractivity contribution is 5.92. The Morgan fingerprint density at radius 1 is 1.20 bits per heavy atom. The van der Waals surface area contributed by atoms with Crippen LogP contribution in [0.1, 0.15) is 15.9 Å². The Bertz CT molecular complexity index is 638. The highest BCUT2D eigenvalue weighted by Gasteiger charge is 2.06. The zero-order chi connectivity index (χ0) is 14.5. The number of nitrogens with two attached hydrogens (primary N) is 1. The lowest BCUT2D eigenvalue weighted by Crippen LogP contribution is -2.10. The Morgan fingerprint density at radius 3 is 2.50 bits per heavy atom. The molecule has 0 fully saturated rings. The van der Waals surface area contributed by atoms with Gasteiger partial charge in [-0.2, -0.15) is 0 Å². The Hall–Kier alpha value is -2.89. The number of ether oxygens (including phenoxy) is 1. The van der Waals surface area contributed by atoms with Crippen molar-refractivity contribution in [2.24, 2.45) is 5.73 Å². The van der Waals surface area contributed by atoms with Gasteiger partial charge in [0.25, 0.3) is 5.69 Å². The molecular weight excluding hydrogens is 260 g/mol. The molecule has 0 unspecified atom stereocenters. The van der Waals surface area contributed by atoms with E-state index in [0.29, 0.717) is 11.3 Å². The van der Waals surface area contributed by atoms with Crippen LogP contribution >= 0.6 is 0 Å². The molecule has 0 aliphatic heterocycles. The van der Waals surface area contributed by atoms with Gasteiger partial charge in [-0.25, -0.2) is 0 Å². The van der Waals surface area contributed by atoms with Gasteiger partial charge in [0.1, 0.15) is 12.4 Å². The lowest BCUT2D eigenvalue weighted by molar-refractivity contribution is -0.384. The third-order valence-electron chi connectivity index (χ3n) is 2.67. The Kier molecular flexibility index (Phi) is 3.95. The maximum absolute atomic E-state index is 10.9. The number of nitro groups is 1. The smallest absolute Gasteiger partial charge is 0.273 e. The van der Waals surface area contributed by atoms with Crippen molar-refractivity contribution in [2.75, 3.05) is 0 Å². The molecule has 2 rings (SSSR count). The van der Waals surface area contributed by atoms with Crippen LogP contribution in [0.2, 0.25) is 0 Å². The van der Waals surface area contributed by atoms with Gasteiger partial charge in [-0.1, -0.05) is 18.2 Å². The molecule has 20 heavy (non-hydrogen) atoms. The van der Waals surface area contributed by atoms with Crippen LogP contribution in [0.4, 0.5) is 5.69 Å². The number of hydrogen-bond donors (Lipinski definition) is 1. The first-order valence-corrected chi connectivity index (χ1v) is 5.82. The van der Waals surface area contributed by atoms with Crippen LogP contribution < -0.4 is 10.5 Å². The van der Waals surface area contributed by atoms with Gasteiger partial charge in [0.15, 0.2) is 0 Å². The van der Waals surface area contributed by atoms with Crippen LogP contribution in [0, 0.1) is 10.1 Å². The van der Waals surface area contributed by atoms with E-state index < -0.39 is 10.8 Å². The fourth-order valence-electron chi connectivity index (χ4n) is 1.62. The van der Waals surface area contributed by atoms with Crippen LogP contribution in [0.15, 0.2) is 48.5 Å². The first kappa shape index (κ1) is 13.5. The van der Waals surface area contributed by atoms with Crippen LogP contribution in [-0.2, 0) is 6.61 Å². The minimum atomic E-state index is -0.490. The number of amides is 1. The zero-order valence-corrected chi connectivity index (χ0v) is 10.5. The summed E-state index contributed by atoms with van der Waals surface area (Å²) in [7, 11) is 0. The number of carbonyl (C=O) groups is 1. The van der Waals surface area contributed by atoms with Gasteiger partial charge in [-0.05, 0) is 23.8 Å². The van der Waals surface area contributed by atoms with Gasteiger partial charge in [0, 0.05) is 11.6 Å². The van der Waals surface area contributed by atoms with E-state index in [1.165, 1.54) is 12.1 Å². The molecule has 0 saturated heterocycles. The summed E-state index contributed by atoms with van der Waals surface area (Å²) in [6.07, 6.45) is 0. The van der Waals surface area contributed by atoms with Crippen molar-refractivity contribution in [2.45, 2.75) is 6.61 Å². The first-order chi connectivity index (χ1) is 9.56. The molecule has 0 saturated carbocycles. The average molecular weight is 272 g/mol. The summed E-state index contributed by atoms with van der Waals surface area (Å²) < 4.78 is 5.46. The molecule has 2 aromatic carbocycles. The quantitative estimate of drug-likeness (QED) is 0.667. The minimum Gasteiger partial charge on any atom is -0.489 e. The second kappa shape index (κ2) is 5.83. The predicted octanol–water partition coefficient (Wildman–Crippen LogP) is 2.27. The summed E-state index contributed by atoms with van der Waals surface area (Å²) in [4.78, 5) is 21.1. The van der Waals surface area contributed by atoms with Crippen molar-refractivity contribution >= 4 is 11.6 Å². The zero-order valence-electron chi connectivity index (χ0n) is 10.5. The van der Waals surface area contributed by atoms with Gasteiger partial charge in [-0.3, -0.25) is 14.9 Å². The van der Waals surface area contributed by atoms with Gasteiger partial charge >= 0.3 is 0 Å². The van der Waals surface area contributed by atoms with Crippen LogP contribution in [-0.4, -0.2) is 10.8 Å². The Balaban J connectivity index is 2.03. The fourth-order valence-corrected chi connectivity index (χ4v) is 1.62. The number of non-ortho nitro benzene ring substituents is 1. The number of rotatable bonds is 5. The van der Waals surface area contributed by atoms with Crippen molar-refractivity contribution in [1.29, 1.82) is 0 Å². The fraction of sp³-hybridized carbons (Fsp3) is 0.0714. The lowest BCUT2D eigenvalue weighted by atomic mass is 10.1. The molecule has 0 radical (unpaired) electrons. The van der Waals surface area contributed by atoms with Gasteiger partial charge in [0.05, 0.1) is 11.0 Å². The maximum Gasteiger partial charge on any atom is 0.273 e. The highest BCUT2D eigenvalue weighted by atomic mass is 16.6. The number of nitro benzene ring substituents is 1. The van der Waals surface area contributed by atoms with Crippen LogP contribution in [0.3, 0.4) is 0 Å². The monoisotopic (exact) mass is 272 g/mol. The molecule has 0 aliphatic carbocycles. The van der Waals surface area contributed by atoms with Gasteiger partial charge in [0.2, 0.25) is 5.91 Å². The van der Waals surface area contributed by atoms with Gasteiger partial charge < -0.3 is 10.5 Å². The number of carbonyl (C=O) groups excluding carboxylic acids is 1. The van der Waals surface area contributed by atoms with E-state index in [4.69, 9.17) is 10.5 Å². The molecule has 2 aromatic rings. The number of nitrogens with zero attached hydrogens (tertiary/aromatic N) is 1. The van der Waals surface area contributed by atoms with E-state index in [0.717, 1.165) is 5.56 Å². The molecule has 1 amide bonds. The SMILES string of the molecule is NC(=O)c1ccc(COc2cccc([N+](=O)[O-])c2)cc1. The molecule has 0 spiro atoms. The molecule has 2 N–H and O–H groups in total. The van der Waals surface area contributed by atoms with E-state index in [2.05, 4.69) is 0 Å². The van der Waals surface area contributed by atoms with Crippen LogP contribution in [0.5, 0.6) is 5.75 Å². The molecule has 0 heterocycles. The topological polar surface area (TPSA) is 95.5 Å². The Morgan fingerprint density at radius 2 is 1.90 bits per heavy atom. The summed E-state index contributed by atoms with van der Waals surface area (Å²) in [5, 5.41) is 10.6. The summed E-state index contributed by atoms with van der Waals surface area (Å²) >= 11 is 0. The second-order valence-corrected chi connectivity index (χ2v) is 4.10. The second-order valence-electron chi connectivity index (χ2n) is 4.10. The van der Waals surface area contributed by atoms with Crippen molar-refractivity contribution in [3.8, 4) is 5.75 Å². The van der Waals surface area contributed by atoms with E-state index in [9.17, 15) is 14.9 Å². The molecule has 102 valence electrons. The van der Waals surface area contributed by atoms with Crippen molar-refractivity contribution in [3.05, 3.63) is 69.8 Å².